The fourth-order valence-corrected chi connectivity index (χ4v) is 4.02. The molecular formula is C29H31ClF6N4O2. The Kier molecular flexibility index (Phi) is 9.71. The molecule has 1 N–H and O–H groups in total. The van der Waals surface area contributed by atoms with Crippen molar-refractivity contribution in [2.45, 2.75) is 58.8 Å². The van der Waals surface area contributed by atoms with Crippen LogP contribution in [0.5, 0.6) is 0 Å². The van der Waals surface area contributed by atoms with E-state index < -0.39 is 52.8 Å². The first kappa shape index (κ1) is 33.0. The summed E-state index contributed by atoms with van der Waals surface area (Å²) in [5.41, 5.74) is -3.26. The third-order valence-electron chi connectivity index (χ3n) is 6.25. The lowest BCUT2D eigenvalue weighted by Gasteiger charge is -2.24. The first-order valence-corrected chi connectivity index (χ1v) is 13.4. The highest BCUT2D eigenvalue weighted by Crippen LogP contribution is 2.36. The van der Waals surface area contributed by atoms with Crippen molar-refractivity contribution in [3.05, 3.63) is 75.9 Å². The lowest BCUT2D eigenvalue weighted by atomic mass is 9.92. The number of carbonyl (C=O) groups excluding carboxylic acids is 2. The quantitative estimate of drug-likeness (QED) is 0.261. The molecule has 0 spiro atoms. The monoisotopic (exact) mass is 616 g/mol. The molecule has 13 heteroatoms. The van der Waals surface area contributed by atoms with Crippen LogP contribution in [-0.2, 0) is 22.6 Å². The Morgan fingerprint density at radius 2 is 1.48 bits per heavy atom. The Morgan fingerprint density at radius 1 is 0.929 bits per heavy atom. The second-order valence-corrected chi connectivity index (χ2v) is 11.7. The lowest BCUT2D eigenvalue weighted by molar-refractivity contribution is -0.143. The third-order valence-corrected chi connectivity index (χ3v) is 6.50. The minimum atomic E-state index is -5.12. The van der Waals surface area contributed by atoms with Crippen LogP contribution in [0.1, 0.15) is 68.2 Å². The second-order valence-electron chi connectivity index (χ2n) is 11.3. The molecule has 0 saturated heterocycles. The van der Waals surface area contributed by atoms with Crippen molar-refractivity contribution in [1.82, 2.24) is 14.7 Å². The number of halogens is 7. The number of amides is 2. The molecule has 0 unspecified atom stereocenters. The summed E-state index contributed by atoms with van der Waals surface area (Å²) in [6.07, 6.45) is -9.90. The normalized spacial score (nSPS) is 12.5. The molecule has 2 amide bonds. The largest absolute Gasteiger partial charge is 0.416 e. The maximum atomic E-state index is 13.4. The van der Waals surface area contributed by atoms with Gasteiger partial charge < -0.3 is 10.2 Å². The lowest BCUT2D eigenvalue weighted by Crippen LogP contribution is -2.39. The molecule has 0 radical (unpaired) electrons. The highest BCUT2D eigenvalue weighted by atomic mass is 35.5. The van der Waals surface area contributed by atoms with Crippen LogP contribution in [0.3, 0.4) is 0 Å². The van der Waals surface area contributed by atoms with Gasteiger partial charge in [0.25, 0.3) is 5.91 Å². The SMILES string of the molecule is CC(C)CCN(CC(=O)Nc1cc(C(C)(C)C)nn1-c1ccc(Cl)cc1)C(=O)c1cc(C(F)(F)F)cc(C(F)(F)F)c1. The van der Waals surface area contributed by atoms with Gasteiger partial charge in [-0.2, -0.15) is 31.4 Å². The number of benzene rings is 2. The number of anilines is 1. The standard InChI is InChI=1S/C29H31ClF6N4O2/c1-17(2)10-11-39(26(42)18-12-19(28(31,32)33)14-20(13-18)29(34,35)36)16-25(41)37-24-15-23(27(3,4)5)38-40(24)22-8-6-21(30)7-9-22/h6-9,12-15,17H,10-11,16H2,1-5H3,(H,37,41). The van der Waals surface area contributed by atoms with Crippen LogP contribution in [0, 0.1) is 5.92 Å². The van der Waals surface area contributed by atoms with Crippen LogP contribution >= 0.6 is 11.6 Å². The van der Waals surface area contributed by atoms with Gasteiger partial charge in [-0.05, 0) is 54.8 Å². The number of hydrogen-bond acceptors (Lipinski definition) is 3. The van der Waals surface area contributed by atoms with E-state index in [0.29, 0.717) is 35.0 Å². The summed E-state index contributed by atoms with van der Waals surface area (Å²) in [4.78, 5) is 27.5. The van der Waals surface area contributed by atoms with E-state index in [0.717, 1.165) is 4.90 Å². The van der Waals surface area contributed by atoms with Gasteiger partial charge in [-0.15, -0.1) is 0 Å². The van der Waals surface area contributed by atoms with E-state index >= 15 is 0 Å². The van der Waals surface area contributed by atoms with Crippen molar-refractivity contribution in [3.8, 4) is 5.69 Å². The highest BCUT2D eigenvalue weighted by Gasteiger charge is 2.38. The summed E-state index contributed by atoms with van der Waals surface area (Å²) < 4.78 is 82.0. The van der Waals surface area contributed by atoms with Crippen molar-refractivity contribution in [3.63, 3.8) is 0 Å². The van der Waals surface area contributed by atoms with Crippen molar-refractivity contribution >= 4 is 29.2 Å². The van der Waals surface area contributed by atoms with E-state index in [4.69, 9.17) is 11.6 Å². The fourth-order valence-electron chi connectivity index (χ4n) is 3.90. The molecule has 6 nitrogen and oxygen atoms in total. The van der Waals surface area contributed by atoms with E-state index in [1.165, 1.54) is 4.68 Å². The van der Waals surface area contributed by atoms with Gasteiger partial charge in [0.1, 0.15) is 12.4 Å². The molecular weight excluding hydrogens is 586 g/mol. The van der Waals surface area contributed by atoms with Crippen LogP contribution in [0.2, 0.25) is 5.02 Å². The zero-order chi connectivity index (χ0) is 31.6. The number of alkyl halides is 6. The van der Waals surface area contributed by atoms with Crippen LogP contribution in [0.15, 0.2) is 48.5 Å². The molecule has 2 aromatic carbocycles. The van der Waals surface area contributed by atoms with Gasteiger partial charge in [0.2, 0.25) is 5.91 Å². The predicted molar refractivity (Wildman–Crippen MR) is 148 cm³/mol. The summed E-state index contributed by atoms with van der Waals surface area (Å²) in [7, 11) is 0. The van der Waals surface area contributed by atoms with Gasteiger partial charge in [-0.25, -0.2) is 4.68 Å². The van der Waals surface area contributed by atoms with E-state index in [2.05, 4.69) is 10.4 Å². The molecule has 0 aliphatic heterocycles. The topological polar surface area (TPSA) is 67.2 Å². The number of nitrogens with zero attached hydrogens (tertiary/aromatic N) is 3. The molecule has 0 aliphatic rings. The van der Waals surface area contributed by atoms with Crippen LogP contribution in [0.4, 0.5) is 32.2 Å². The third kappa shape index (κ3) is 8.50. The fraction of sp³-hybridized carbons (Fsp3) is 0.414. The van der Waals surface area contributed by atoms with Crippen molar-refractivity contribution in [1.29, 1.82) is 0 Å². The van der Waals surface area contributed by atoms with Crippen molar-refractivity contribution in [2.75, 3.05) is 18.4 Å². The van der Waals surface area contributed by atoms with E-state index in [-0.39, 0.29) is 24.3 Å². The van der Waals surface area contributed by atoms with Gasteiger partial charge in [0.05, 0.1) is 22.5 Å². The van der Waals surface area contributed by atoms with Crippen molar-refractivity contribution in [2.24, 2.45) is 5.92 Å². The second kappa shape index (κ2) is 12.4. The van der Waals surface area contributed by atoms with Gasteiger partial charge in [0.15, 0.2) is 0 Å². The molecule has 42 heavy (non-hydrogen) atoms. The van der Waals surface area contributed by atoms with E-state index in [1.54, 1.807) is 30.3 Å². The van der Waals surface area contributed by atoms with Gasteiger partial charge in [-0.1, -0.05) is 46.2 Å². The Hall–Kier alpha value is -3.54. The van der Waals surface area contributed by atoms with Gasteiger partial charge in [0, 0.05) is 28.6 Å². The zero-order valence-corrected chi connectivity index (χ0v) is 24.4. The van der Waals surface area contributed by atoms with E-state index in [9.17, 15) is 35.9 Å². The number of rotatable bonds is 8. The molecule has 0 atom stereocenters. The maximum Gasteiger partial charge on any atom is 0.416 e. The van der Waals surface area contributed by atoms with E-state index in [1.807, 2.05) is 34.6 Å². The molecule has 0 bridgehead atoms. The minimum Gasteiger partial charge on any atom is -0.329 e. The first-order chi connectivity index (χ1) is 19.3. The summed E-state index contributed by atoms with van der Waals surface area (Å²) in [5.74, 6) is -1.58. The number of hydrogen-bond donors (Lipinski definition) is 1. The van der Waals surface area contributed by atoms with Crippen molar-refractivity contribution < 1.29 is 35.9 Å². The zero-order valence-electron chi connectivity index (χ0n) is 23.6. The number of nitrogens with one attached hydrogen (secondary N) is 1. The Balaban J connectivity index is 1.97. The summed E-state index contributed by atoms with van der Waals surface area (Å²) in [6.45, 7) is 8.71. The summed E-state index contributed by atoms with van der Waals surface area (Å²) >= 11 is 6.00. The van der Waals surface area contributed by atoms with Crippen LogP contribution in [-0.4, -0.2) is 39.6 Å². The number of carbonyl (C=O) groups is 2. The average molecular weight is 617 g/mol. The van der Waals surface area contributed by atoms with Gasteiger partial charge >= 0.3 is 12.4 Å². The minimum absolute atomic E-state index is 0.0243. The Labute approximate surface area is 244 Å². The molecule has 0 saturated carbocycles. The van der Waals surface area contributed by atoms with Crippen LogP contribution in [0.25, 0.3) is 5.69 Å². The molecule has 3 rings (SSSR count). The highest BCUT2D eigenvalue weighted by molar-refractivity contribution is 6.30. The molecule has 1 aromatic heterocycles. The summed E-state index contributed by atoms with van der Waals surface area (Å²) in [6, 6.07) is 8.96. The molecule has 228 valence electrons. The average Bonchev–Trinajstić information content (AvgIpc) is 3.29. The smallest absolute Gasteiger partial charge is 0.329 e. The van der Waals surface area contributed by atoms with Gasteiger partial charge in [-0.3, -0.25) is 9.59 Å². The predicted octanol–water partition coefficient (Wildman–Crippen LogP) is 7.99. The number of aromatic nitrogens is 2. The molecule has 1 heterocycles. The first-order valence-electron chi connectivity index (χ1n) is 13.0. The van der Waals surface area contributed by atoms with Crippen LogP contribution < -0.4 is 5.32 Å². The molecule has 0 fully saturated rings. The molecule has 0 aliphatic carbocycles. The summed E-state index contributed by atoms with van der Waals surface area (Å²) in [5, 5.41) is 7.75. The maximum absolute atomic E-state index is 13.4. The Morgan fingerprint density at radius 3 is 1.95 bits per heavy atom. The molecule has 3 aromatic rings. The Bertz CT molecular complexity index is 1390.